The quantitative estimate of drug-likeness (QED) is 0.735. The van der Waals surface area contributed by atoms with Crippen molar-refractivity contribution >= 4 is 11.4 Å². The Kier molecular flexibility index (Phi) is 6.50. The maximum atomic E-state index is 5.96. The van der Waals surface area contributed by atoms with Gasteiger partial charge in [-0.2, -0.15) is 0 Å². The fourth-order valence-electron chi connectivity index (χ4n) is 1.95. The topological polar surface area (TPSA) is 47.7 Å². The monoisotopic (exact) mass is 266 g/mol. The lowest BCUT2D eigenvalue weighted by Gasteiger charge is -2.29. The van der Waals surface area contributed by atoms with Crippen LogP contribution < -0.4 is 15.4 Å². The fraction of sp³-hybridized carbons (Fsp3) is 0.600. The third-order valence-corrected chi connectivity index (χ3v) is 2.88. The molecule has 0 spiro atoms. The third-order valence-electron chi connectivity index (χ3n) is 2.88. The highest BCUT2D eigenvalue weighted by Gasteiger charge is 2.12. The Morgan fingerprint density at radius 1 is 1.21 bits per heavy atom. The van der Waals surface area contributed by atoms with Gasteiger partial charge in [-0.3, -0.25) is 0 Å². The molecule has 0 aliphatic carbocycles. The minimum Gasteiger partial charge on any atom is -0.493 e. The first-order valence-electron chi connectivity index (χ1n) is 6.87. The van der Waals surface area contributed by atoms with Gasteiger partial charge in [0.05, 0.1) is 13.2 Å². The molecule has 2 N–H and O–H groups in total. The molecule has 1 aromatic carbocycles. The van der Waals surface area contributed by atoms with Gasteiger partial charge >= 0.3 is 0 Å². The van der Waals surface area contributed by atoms with E-state index in [2.05, 4.69) is 25.7 Å². The molecule has 0 aromatic heterocycles. The van der Waals surface area contributed by atoms with Crippen molar-refractivity contribution in [2.45, 2.75) is 33.2 Å². The molecule has 19 heavy (non-hydrogen) atoms. The molecule has 0 saturated heterocycles. The van der Waals surface area contributed by atoms with Crippen molar-refractivity contribution in [3.8, 4) is 5.75 Å². The van der Waals surface area contributed by atoms with Crippen molar-refractivity contribution in [2.24, 2.45) is 0 Å². The van der Waals surface area contributed by atoms with Crippen molar-refractivity contribution in [2.75, 3.05) is 37.5 Å². The van der Waals surface area contributed by atoms with Gasteiger partial charge < -0.3 is 20.1 Å². The van der Waals surface area contributed by atoms with Crippen LogP contribution in [-0.4, -0.2) is 32.9 Å². The minimum atomic E-state index is 0.385. The molecule has 108 valence electrons. The third kappa shape index (κ3) is 4.99. The molecular weight excluding hydrogens is 240 g/mol. The second-order valence-corrected chi connectivity index (χ2v) is 4.89. The summed E-state index contributed by atoms with van der Waals surface area (Å²) in [5.41, 5.74) is 7.77. The van der Waals surface area contributed by atoms with Crippen molar-refractivity contribution < 1.29 is 9.47 Å². The van der Waals surface area contributed by atoms with Crippen LogP contribution in [0.25, 0.3) is 0 Å². The van der Waals surface area contributed by atoms with Crippen LogP contribution in [0, 0.1) is 0 Å². The highest BCUT2D eigenvalue weighted by Crippen LogP contribution is 2.27. The zero-order chi connectivity index (χ0) is 14.3. The van der Waals surface area contributed by atoms with Crippen molar-refractivity contribution in [1.29, 1.82) is 0 Å². The average molecular weight is 266 g/mol. The van der Waals surface area contributed by atoms with E-state index < -0.39 is 0 Å². The summed E-state index contributed by atoms with van der Waals surface area (Å²) >= 11 is 0. The normalized spacial score (nSPS) is 10.8. The van der Waals surface area contributed by atoms with Crippen LogP contribution in [0.4, 0.5) is 11.4 Å². The summed E-state index contributed by atoms with van der Waals surface area (Å²) in [7, 11) is 1.72. The van der Waals surface area contributed by atoms with Crippen LogP contribution >= 0.6 is 0 Å². The summed E-state index contributed by atoms with van der Waals surface area (Å²) in [6, 6.07) is 6.28. The van der Waals surface area contributed by atoms with Gasteiger partial charge in [0.25, 0.3) is 0 Å². The van der Waals surface area contributed by atoms with Crippen LogP contribution in [0.1, 0.15) is 27.2 Å². The van der Waals surface area contributed by atoms with Crippen LogP contribution in [0.2, 0.25) is 0 Å². The lowest BCUT2D eigenvalue weighted by molar-refractivity contribution is 0.204. The zero-order valence-electron chi connectivity index (χ0n) is 12.5. The van der Waals surface area contributed by atoms with E-state index in [4.69, 9.17) is 15.2 Å². The molecule has 0 saturated carbocycles. The van der Waals surface area contributed by atoms with Gasteiger partial charge in [0.15, 0.2) is 0 Å². The number of anilines is 2. The number of rotatable bonds is 8. The molecule has 0 bridgehead atoms. The largest absolute Gasteiger partial charge is 0.493 e. The van der Waals surface area contributed by atoms with E-state index in [1.165, 1.54) is 0 Å². The number of hydrogen-bond donors (Lipinski definition) is 1. The lowest BCUT2D eigenvalue weighted by Crippen LogP contribution is -2.33. The van der Waals surface area contributed by atoms with Crippen LogP contribution in [0.15, 0.2) is 18.2 Å². The van der Waals surface area contributed by atoms with Gasteiger partial charge in [0.1, 0.15) is 5.75 Å². The van der Waals surface area contributed by atoms with Gasteiger partial charge in [-0.1, -0.05) is 6.92 Å². The van der Waals surface area contributed by atoms with Gasteiger partial charge in [-0.15, -0.1) is 0 Å². The maximum Gasteiger partial charge on any atom is 0.123 e. The predicted octanol–water partition coefficient (Wildman–Crippen LogP) is 2.92. The Morgan fingerprint density at radius 3 is 2.53 bits per heavy atom. The Hall–Kier alpha value is -1.42. The Balaban J connectivity index is 2.91. The Morgan fingerprint density at radius 2 is 1.95 bits per heavy atom. The smallest absolute Gasteiger partial charge is 0.123 e. The molecule has 1 rings (SSSR count). The van der Waals surface area contributed by atoms with Crippen molar-refractivity contribution in [3.63, 3.8) is 0 Å². The van der Waals surface area contributed by atoms with Gasteiger partial charge in [-0.25, -0.2) is 0 Å². The predicted molar refractivity (Wildman–Crippen MR) is 81.0 cm³/mol. The Labute approximate surface area is 116 Å². The van der Waals surface area contributed by atoms with E-state index >= 15 is 0 Å². The number of benzene rings is 1. The zero-order valence-corrected chi connectivity index (χ0v) is 12.5. The number of nitrogens with two attached hydrogens (primary N) is 1. The van der Waals surface area contributed by atoms with E-state index in [0.717, 1.165) is 30.1 Å². The summed E-state index contributed by atoms with van der Waals surface area (Å²) in [4.78, 5) is 2.26. The molecule has 0 heterocycles. The summed E-state index contributed by atoms with van der Waals surface area (Å²) in [6.45, 7) is 8.65. The van der Waals surface area contributed by atoms with E-state index in [1.54, 1.807) is 7.11 Å². The second kappa shape index (κ2) is 7.89. The molecule has 0 unspecified atom stereocenters. The number of ether oxygens (including phenoxy) is 2. The van der Waals surface area contributed by atoms with Gasteiger partial charge in [0, 0.05) is 43.2 Å². The molecule has 1 aromatic rings. The van der Waals surface area contributed by atoms with Crippen molar-refractivity contribution in [3.05, 3.63) is 18.2 Å². The van der Waals surface area contributed by atoms with E-state index in [9.17, 15) is 0 Å². The number of nitrogens with zero attached hydrogens (tertiary/aromatic N) is 1. The van der Waals surface area contributed by atoms with Crippen LogP contribution in [0.3, 0.4) is 0 Å². The van der Waals surface area contributed by atoms with Crippen molar-refractivity contribution in [1.82, 2.24) is 0 Å². The average Bonchev–Trinajstić information content (AvgIpc) is 2.36. The molecule has 0 radical (unpaired) electrons. The molecule has 4 heteroatoms. The van der Waals surface area contributed by atoms with E-state index in [0.29, 0.717) is 19.3 Å². The number of nitrogen functional groups attached to an aromatic ring is 1. The number of methoxy groups -OCH3 is 1. The van der Waals surface area contributed by atoms with Crippen LogP contribution in [0.5, 0.6) is 5.75 Å². The lowest BCUT2D eigenvalue weighted by atomic mass is 10.2. The molecule has 0 amide bonds. The summed E-state index contributed by atoms with van der Waals surface area (Å²) in [6.07, 6.45) is 0.988. The summed E-state index contributed by atoms with van der Waals surface area (Å²) in [5, 5.41) is 0. The minimum absolute atomic E-state index is 0.385. The summed E-state index contributed by atoms with van der Waals surface area (Å²) in [5.74, 6) is 0.833. The second-order valence-electron chi connectivity index (χ2n) is 4.89. The fourth-order valence-corrected chi connectivity index (χ4v) is 1.95. The van der Waals surface area contributed by atoms with E-state index in [1.807, 2.05) is 18.2 Å². The summed E-state index contributed by atoms with van der Waals surface area (Å²) < 4.78 is 10.8. The molecule has 0 aliphatic heterocycles. The van der Waals surface area contributed by atoms with Gasteiger partial charge in [-0.05, 0) is 26.3 Å². The molecule has 4 nitrogen and oxygen atoms in total. The van der Waals surface area contributed by atoms with Gasteiger partial charge in [0.2, 0.25) is 0 Å². The van der Waals surface area contributed by atoms with Crippen LogP contribution in [-0.2, 0) is 4.74 Å². The first-order chi connectivity index (χ1) is 9.08. The highest BCUT2D eigenvalue weighted by molar-refractivity contribution is 5.61. The maximum absolute atomic E-state index is 5.96. The Bertz CT molecular complexity index is 380. The highest BCUT2D eigenvalue weighted by atomic mass is 16.5. The van der Waals surface area contributed by atoms with E-state index in [-0.39, 0.29) is 0 Å². The molecule has 0 fully saturated rings. The first-order valence-corrected chi connectivity index (χ1v) is 6.87. The number of hydrogen-bond acceptors (Lipinski definition) is 4. The standard InChI is InChI=1S/C15H26N2O2/c1-5-7-19-15-10-13(16)9-14(11-15)17(12(2)3)6-8-18-4/h9-12H,5-8,16H2,1-4H3. The first kappa shape index (κ1) is 15.6. The molecule has 0 aliphatic rings. The SMILES string of the molecule is CCCOc1cc(N)cc(N(CCOC)C(C)C)c1. The molecular formula is C15H26N2O2. The molecule has 0 atom stereocenters.